The second-order valence-corrected chi connectivity index (χ2v) is 19.0. The van der Waals surface area contributed by atoms with Crippen molar-refractivity contribution in [3.63, 3.8) is 0 Å². The molecule has 2 saturated carbocycles. The highest BCUT2D eigenvalue weighted by molar-refractivity contribution is 5.73. The molecule has 0 radical (unpaired) electrons. The van der Waals surface area contributed by atoms with Crippen molar-refractivity contribution in [2.45, 2.75) is 128 Å². The van der Waals surface area contributed by atoms with Gasteiger partial charge in [0.2, 0.25) is 0 Å². The zero-order valence-corrected chi connectivity index (χ0v) is 39.1. The third-order valence-corrected chi connectivity index (χ3v) is 13.7. The van der Waals surface area contributed by atoms with E-state index in [4.69, 9.17) is 4.11 Å². The van der Waals surface area contributed by atoms with Crippen molar-refractivity contribution < 1.29 is 17.8 Å². The Kier molecular flexibility index (Phi) is 9.90. The van der Waals surface area contributed by atoms with Crippen molar-refractivity contribution in [2.24, 2.45) is 0 Å². The van der Waals surface area contributed by atoms with E-state index >= 15 is 0 Å². The standard InChI is InChI=1S/C65H67N3/c1-46-45-68-64(43-60(46)57-19-13-18-56(41-57)51-14-5-4-6-15-51)55-32-34-59(35-33-55)65(2,3)44-50-39-48(23-22-47-24-28-54(29-25-47)62-20-9-11-36-66-62)38-49(40-50)26-27-53-30-31-58(63-21-10-12-37-67-63)42-61(53)52-16-7-8-17-52/h9-13,18-21,24-25,28-43,45,51-52H,4-8,14-17,22-23,26-27,44H2,1-3H3/i1D3,22D2,23D2,26D2,27D2,51D,52D. The summed E-state index contributed by atoms with van der Waals surface area (Å²) in [5.41, 5.74) is 6.91. The van der Waals surface area contributed by atoms with Crippen LogP contribution in [0.15, 0.2) is 170 Å². The largest absolute Gasteiger partial charge is 0.256 e. The first-order valence-corrected chi connectivity index (χ1v) is 24.2. The van der Waals surface area contributed by atoms with Gasteiger partial charge in [-0.25, -0.2) is 0 Å². The highest BCUT2D eigenvalue weighted by Crippen LogP contribution is 2.39. The normalized spacial score (nSPS) is 19.4. The quantitative estimate of drug-likeness (QED) is 0.103. The summed E-state index contributed by atoms with van der Waals surface area (Å²) >= 11 is 0. The Balaban J connectivity index is 1.03. The van der Waals surface area contributed by atoms with Crippen LogP contribution < -0.4 is 0 Å². The number of aryl methyl sites for hydroxylation is 5. The van der Waals surface area contributed by atoms with Gasteiger partial charge in [-0.15, -0.1) is 0 Å². The van der Waals surface area contributed by atoms with Gasteiger partial charge in [0, 0.05) is 53.1 Å². The first-order valence-electron chi connectivity index (χ1n) is 30.7. The lowest BCUT2D eigenvalue weighted by molar-refractivity contribution is 0.444. The van der Waals surface area contributed by atoms with Crippen LogP contribution in [0.25, 0.3) is 44.9 Å². The van der Waals surface area contributed by atoms with E-state index in [-0.39, 0.29) is 34.2 Å². The van der Waals surface area contributed by atoms with E-state index < -0.39 is 49.5 Å². The molecule has 3 aromatic heterocycles. The third kappa shape index (κ3) is 10.8. The van der Waals surface area contributed by atoms with Crippen molar-refractivity contribution >= 4 is 0 Å². The van der Waals surface area contributed by atoms with Gasteiger partial charge in [-0.05, 0) is 179 Å². The molecule has 10 rings (SSSR count). The van der Waals surface area contributed by atoms with E-state index in [0.717, 1.165) is 67.2 Å². The number of pyridine rings is 3. The van der Waals surface area contributed by atoms with Gasteiger partial charge in [-0.3, -0.25) is 15.0 Å². The first-order chi connectivity index (χ1) is 38.2. The van der Waals surface area contributed by atoms with Crippen LogP contribution in [0.5, 0.6) is 0 Å². The van der Waals surface area contributed by atoms with E-state index in [0.29, 0.717) is 57.7 Å². The third-order valence-electron chi connectivity index (χ3n) is 13.7. The second kappa shape index (κ2) is 20.8. The molecule has 3 heterocycles. The van der Waals surface area contributed by atoms with Crippen LogP contribution in [0.1, 0.15) is 151 Å². The predicted molar refractivity (Wildman–Crippen MR) is 284 cm³/mol. The molecule has 0 atom stereocenters. The molecule has 3 nitrogen and oxygen atoms in total. The molecule has 5 aromatic carbocycles. The fraction of sp³-hybridized carbons (Fsp3) is 0.308. The van der Waals surface area contributed by atoms with Crippen LogP contribution in [-0.2, 0) is 37.3 Å². The summed E-state index contributed by atoms with van der Waals surface area (Å²) in [4.78, 5) is 13.6. The van der Waals surface area contributed by atoms with Crippen molar-refractivity contribution in [1.29, 1.82) is 0 Å². The SMILES string of the molecule is [2H]C([2H])([2H])c1cnc(-c2ccc(C(C)(C)Cc3cc(C([2H])([2H])C([2H])([2H])c4ccc(-c5ccccn5)cc4)cc(C([2H])([2H])C([2H])([2H])c4ccc(-c5ccccn5)cc4C4([2H])CCCC4)c3)cc2)cc1-c1cccc(C2([2H])CCCCC2)c1. The molecule has 2 aliphatic rings. The average molecular weight is 903 g/mol. The van der Waals surface area contributed by atoms with Crippen molar-refractivity contribution in [3.8, 4) is 44.9 Å². The molecule has 0 N–H and O–H groups in total. The molecule has 0 aliphatic heterocycles. The molecule has 0 saturated heterocycles. The van der Waals surface area contributed by atoms with E-state index in [1.807, 2.05) is 86.6 Å². The molecule has 0 amide bonds. The molecular weight excluding hydrogens is 823 g/mol. The summed E-state index contributed by atoms with van der Waals surface area (Å²) in [6.07, 6.45) is 0.856. The minimum absolute atomic E-state index is 0.0201. The van der Waals surface area contributed by atoms with Gasteiger partial charge in [0.25, 0.3) is 0 Å². The van der Waals surface area contributed by atoms with Crippen LogP contribution in [0.2, 0.25) is 0 Å². The first kappa shape index (κ1) is 32.3. The lowest BCUT2D eigenvalue weighted by atomic mass is 9.78. The summed E-state index contributed by atoms with van der Waals surface area (Å²) in [6, 6.07) is 44.1. The highest BCUT2D eigenvalue weighted by Gasteiger charge is 2.24. The Labute approximate surface area is 424 Å². The van der Waals surface area contributed by atoms with E-state index in [2.05, 4.69) is 15.0 Å². The fourth-order valence-electron chi connectivity index (χ4n) is 9.92. The van der Waals surface area contributed by atoms with E-state index in [1.165, 1.54) is 24.4 Å². The summed E-state index contributed by atoms with van der Waals surface area (Å²) in [7, 11) is 0. The minimum Gasteiger partial charge on any atom is -0.256 e. The lowest BCUT2D eigenvalue weighted by Gasteiger charge is -2.26. The monoisotopic (exact) mass is 903 g/mol. The minimum atomic E-state index is -2.85. The molecule has 0 unspecified atom stereocenters. The van der Waals surface area contributed by atoms with Crippen LogP contribution in [0.3, 0.4) is 0 Å². The lowest BCUT2D eigenvalue weighted by Crippen LogP contribution is -2.20. The summed E-state index contributed by atoms with van der Waals surface area (Å²) in [5.74, 6) is -1.93. The molecule has 0 bridgehead atoms. The molecule has 68 heavy (non-hydrogen) atoms. The molecule has 3 heteroatoms. The zero-order valence-electron chi connectivity index (χ0n) is 52.1. The maximum Gasteiger partial charge on any atom is 0.0708 e. The number of hydrogen-bond donors (Lipinski definition) is 0. The molecular formula is C65H67N3. The summed E-state index contributed by atoms with van der Waals surface area (Å²) < 4.78 is 122. The molecule has 2 fully saturated rings. The molecule has 2 aliphatic carbocycles. The number of rotatable bonds is 15. The van der Waals surface area contributed by atoms with Crippen LogP contribution >= 0.6 is 0 Å². The van der Waals surface area contributed by atoms with E-state index in [1.54, 1.807) is 73.1 Å². The van der Waals surface area contributed by atoms with Crippen LogP contribution in [0, 0.1) is 6.85 Å². The molecule has 8 aromatic rings. The average Bonchev–Trinajstić information content (AvgIpc) is 3.46. The van der Waals surface area contributed by atoms with Gasteiger partial charge in [0.15, 0.2) is 0 Å². The molecule has 0 spiro atoms. The van der Waals surface area contributed by atoms with Crippen molar-refractivity contribution in [1.82, 2.24) is 15.0 Å². The van der Waals surface area contributed by atoms with Gasteiger partial charge < -0.3 is 0 Å². The maximum absolute atomic E-state index is 9.91. The molecule has 342 valence electrons. The summed E-state index contributed by atoms with van der Waals surface area (Å²) in [5, 5.41) is 0. The Morgan fingerprint density at radius 3 is 1.84 bits per heavy atom. The predicted octanol–water partition coefficient (Wildman–Crippen LogP) is 16.6. The second-order valence-electron chi connectivity index (χ2n) is 19.0. The van der Waals surface area contributed by atoms with Gasteiger partial charge in [-0.2, -0.15) is 0 Å². The van der Waals surface area contributed by atoms with Crippen molar-refractivity contribution in [3.05, 3.63) is 220 Å². The van der Waals surface area contributed by atoms with E-state index in [9.17, 15) is 13.7 Å². The maximum atomic E-state index is 9.91. The van der Waals surface area contributed by atoms with Gasteiger partial charge in [-0.1, -0.05) is 161 Å². The van der Waals surface area contributed by atoms with Gasteiger partial charge in [0.05, 0.1) is 17.1 Å². The number of hydrogen-bond acceptors (Lipinski definition) is 3. The fourth-order valence-corrected chi connectivity index (χ4v) is 9.92. The number of nitrogens with zero attached hydrogens (tertiary/aromatic N) is 3. The van der Waals surface area contributed by atoms with Gasteiger partial charge in [0.1, 0.15) is 0 Å². The Hall–Kier alpha value is -6.45. The smallest absolute Gasteiger partial charge is 0.0708 e. The zero-order chi connectivity index (χ0) is 57.8. The topological polar surface area (TPSA) is 38.7 Å². The summed E-state index contributed by atoms with van der Waals surface area (Å²) in [6.45, 7) is 1.56. The Bertz CT molecular complexity index is 3530. The van der Waals surface area contributed by atoms with Crippen molar-refractivity contribution in [2.75, 3.05) is 0 Å². The highest BCUT2D eigenvalue weighted by atomic mass is 14.7. The Morgan fingerprint density at radius 2 is 1.13 bits per heavy atom. The number of aromatic nitrogens is 3. The Morgan fingerprint density at radius 1 is 0.515 bits per heavy atom. The van der Waals surface area contributed by atoms with Crippen LogP contribution in [0.4, 0.5) is 0 Å². The number of benzene rings is 5. The van der Waals surface area contributed by atoms with Crippen LogP contribution in [-0.4, -0.2) is 15.0 Å². The van der Waals surface area contributed by atoms with Gasteiger partial charge >= 0.3 is 0 Å².